The molecule has 0 spiro atoms. The monoisotopic (exact) mass is 985 g/mol. The first-order valence-corrected chi connectivity index (χ1v) is 31.8. The van der Waals surface area contributed by atoms with Crippen molar-refractivity contribution in [3.63, 3.8) is 0 Å². The second-order valence-electron chi connectivity index (χ2n) is 22.4. The molecule has 0 aromatic rings. The molecule has 1 unspecified atom stereocenters. The predicted octanol–water partition coefficient (Wildman–Crippen LogP) is 17.8. The lowest BCUT2D eigenvalue weighted by molar-refractivity contribution is -0.870. The van der Waals surface area contributed by atoms with Crippen LogP contribution in [0.5, 0.6) is 0 Å². The van der Waals surface area contributed by atoms with E-state index in [4.69, 9.17) is 9.05 Å². The molecule has 0 heterocycles. The Balaban J connectivity index is 3.87. The Kier molecular flexibility index (Phi) is 51.0. The fraction of sp³-hybridized carbons (Fsp3) is 0.983. The van der Waals surface area contributed by atoms with Gasteiger partial charge in [-0.05, 0) is 12.8 Å². The second kappa shape index (κ2) is 51.4. The molecule has 0 fully saturated rings. The van der Waals surface area contributed by atoms with E-state index in [1.807, 2.05) is 21.1 Å². The maximum absolute atomic E-state index is 13.0. The number of carbonyl (C=O) groups excluding carboxylic acids is 1. The summed E-state index contributed by atoms with van der Waals surface area (Å²) in [6.45, 7) is 4.76. The van der Waals surface area contributed by atoms with Crippen LogP contribution in [-0.2, 0) is 18.4 Å². The van der Waals surface area contributed by atoms with Crippen molar-refractivity contribution >= 4 is 13.7 Å². The number of hydrogen-bond donors (Lipinski definition) is 2. The number of aliphatic hydroxyl groups is 1. The summed E-state index contributed by atoms with van der Waals surface area (Å²) in [5.74, 6) is -0.157. The summed E-state index contributed by atoms with van der Waals surface area (Å²) in [5, 5.41) is 14.0. The number of likely N-dealkylation sites (N-methyl/N-ethyl adjacent to an activating group) is 1. The zero-order valence-corrected chi connectivity index (χ0v) is 47.5. The van der Waals surface area contributed by atoms with Crippen molar-refractivity contribution < 1.29 is 32.9 Å². The van der Waals surface area contributed by atoms with Crippen LogP contribution in [0, 0.1) is 0 Å². The quantitative estimate of drug-likeness (QED) is 0.0357. The van der Waals surface area contributed by atoms with E-state index in [9.17, 15) is 19.4 Å². The predicted molar refractivity (Wildman–Crippen MR) is 293 cm³/mol. The summed E-state index contributed by atoms with van der Waals surface area (Å²) in [6, 6.07) is -0.794. The molecule has 408 valence electrons. The van der Waals surface area contributed by atoms with E-state index in [2.05, 4.69) is 19.2 Å². The standard InChI is InChI=1S/C59H121N2O6P/c1-6-8-10-12-14-16-18-20-21-22-23-24-25-26-27-28-29-30-31-32-33-34-35-36-37-38-39-40-41-43-45-47-49-51-53-59(63)60-57(56-67-68(64,65)66-55-54-61(3,4)5)58(62)52-50-48-46-44-42-19-17-15-13-11-9-7-2/h57-58,62H,6-56H2,1-5H3,(H-,60,63,64,65)/t57-,58+/m0/s1. The highest BCUT2D eigenvalue weighted by molar-refractivity contribution is 7.45. The molecule has 8 nitrogen and oxygen atoms in total. The molecule has 0 aromatic heterocycles. The third kappa shape index (κ3) is 53.3. The van der Waals surface area contributed by atoms with Crippen molar-refractivity contribution in [1.29, 1.82) is 0 Å². The normalized spacial score (nSPS) is 13.8. The first-order chi connectivity index (χ1) is 33.0. The molecule has 0 bridgehead atoms. The van der Waals surface area contributed by atoms with Crippen molar-refractivity contribution in [1.82, 2.24) is 5.32 Å². The van der Waals surface area contributed by atoms with Gasteiger partial charge in [-0.15, -0.1) is 0 Å². The summed E-state index contributed by atoms with van der Waals surface area (Å²) in [5.41, 5.74) is 0. The number of aliphatic hydroxyl groups excluding tert-OH is 1. The van der Waals surface area contributed by atoms with E-state index in [0.29, 0.717) is 23.9 Å². The molecule has 0 radical (unpaired) electrons. The Labute approximate surface area is 425 Å². The molecule has 0 aromatic carbocycles. The maximum Gasteiger partial charge on any atom is 0.268 e. The van der Waals surface area contributed by atoms with E-state index in [1.165, 1.54) is 257 Å². The molecule has 0 rings (SSSR count). The summed E-state index contributed by atoms with van der Waals surface area (Å²) in [6.07, 6.45) is 61.7. The summed E-state index contributed by atoms with van der Waals surface area (Å²) in [7, 11) is 1.32. The van der Waals surface area contributed by atoms with Crippen LogP contribution in [0.15, 0.2) is 0 Å². The number of unbranched alkanes of at least 4 members (excludes halogenated alkanes) is 44. The van der Waals surface area contributed by atoms with Gasteiger partial charge in [0.05, 0.1) is 39.9 Å². The molecule has 68 heavy (non-hydrogen) atoms. The largest absolute Gasteiger partial charge is 0.756 e. The molecule has 3 atom stereocenters. The fourth-order valence-corrected chi connectivity index (χ4v) is 10.3. The Hall–Kier alpha value is -0.500. The summed E-state index contributed by atoms with van der Waals surface area (Å²) < 4.78 is 23.4. The van der Waals surface area contributed by atoms with Gasteiger partial charge in [0.15, 0.2) is 0 Å². The topological polar surface area (TPSA) is 108 Å². The highest BCUT2D eigenvalue weighted by atomic mass is 31.2. The zero-order valence-electron chi connectivity index (χ0n) is 46.6. The van der Waals surface area contributed by atoms with Crippen LogP contribution in [0.1, 0.15) is 322 Å². The van der Waals surface area contributed by atoms with Gasteiger partial charge in [-0.25, -0.2) is 0 Å². The van der Waals surface area contributed by atoms with Gasteiger partial charge in [0.2, 0.25) is 5.91 Å². The number of hydrogen-bond acceptors (Lipinski definition) is 6. The van der Waals surface area contributed by atoms with Gasteiger partial charge in [-0.2, -0.15) is 0 Å². The number of phosphoric ester groups is 1. The minimum Gasteiger partial charge on any atom is -0.756 e. The molecule has 9 heteroatoms. The van der Waals surface area contributed by atoms with Crippen molar-refractivity contribution in [2.75, 3.05) is 40.9 Å². The van der Waals surface area contributed by atoms with E-state index in [-0.39, 0.29) is 19.1 Å². The first-order valence-electron chi connectivity index (χ1n) is 30.4. The van der Waals surface area contributed by atoms with Crippen LogP contribution < -0.4 is 10.2 Å². The molecule has 0 aliphatic heterocycles. The van der Waals surface area contributed by atoms with Gasteiger partial charge in [0, 0.05) is 6.42 Å². The SMILES string of the molecule is CCCCCCCCCCCCCCCCCCCCCCCCCCCCCCCCCCCCC(=O)N[C@@H](COP(=O)([O-])OCC[N+](C)(C)C)[C@H](O)CCCCCCCCCCCCCC. The highest BCUT2D eigenvalue weighted by Gasteiger charge is 2.24. The van der Waals surface area contributed by atoms with Crippen molar-refractivity contribution in [3.8, 4) is 0 Å². The molecule has 0 saturated carbocycles. The van der Waals surface area contributed by atoms with Crippen LogP contribution in [-0.4, -0.2) is 68.5 Å². The number of carbonyl (C=O) groups is 1. The van der Waals surface area contributed by atoms with Crippen LogP contribution in [0.3, 0.4) is 0 Å². The van der Waals surface area contributed by atoms with Gasteiger partial charge in [-0.1, -0.05) is 303 Å². The van der Waals surface area contributed by atoms with E-state index < -0.39 is 20.0 Å². The maximum atomic E-state index is 13.0. The lowest BCUT2D eigenvalue weighted by Gasteiger charge is -2.30. The van der Waals surface area contributed by atoms with Gasteiger partial charge in [0.1, 0.15) is 13.2 Å². The second-order valence-corrected chi connectivity index (χ2v) is 23.8. The summed E-state index contributed by atoms with van der Waals surface area (Å²) in [4.78, 5) is 25.5. The Morgan fingerprint density at radius 3 is 1.00 bits per heavy atom. The number of rotatable bonds is 57. The van der Waals surface area contributed by atoms with Crippen LogP contribution in [0.25, 0.3) is 0 Å². The first kappa shape index (κ1) is 67.5. The number of nitrogens with one attached hydrogen (secondary N) is 1. The molecular formula is C59H121N2O6P. The van der Waals surface area contributed by atoms with Gasteiger partial charge < -0.3 is 28.8 Å². The minimum absolute atomic E-state index is 0.0163. The molecule has 0 saturated heterocycles. The molecular weight excluding hydrogens is 864 g/mol. The van der Waals surface area contributed by atoms with Crippen LogP contribution >= 0.6 is 7.82 Å². The van der Waals surface area contributed by atoms with Crippen LogP contribution in [0.2, 0.25) is 0 Å². The lowest BCUT2D eigenvalue weighted by atomic mass is 10.0. The van der Waals surface area contributed by atoms with E-state index >= 15 is 0 Å². The minimum atomic E-state index is -4.56. The van der Waals surface area contributed by atoms with Crippen molar-refractivity contribution in [2.45, 2.75) is 334 Å². The van der Waals surface area contributed by atoms with Crippen molar-refractivity contribution in [3.05, 3.63) is 0 Å². The van der Waals surface area contributed by atoms with E-state index in [1.54, 1.807) is 0 Å². The zero-order chi connectivity index (χ0) is 49.9. The van der Waals surface area contributed by atoms with Gasteiger partial charge in [0.25, 0.3) is 7.82 Å². The molecule has 0 aliphatic carbocycles. The number of phosphoric acid groups is 1. The molecule has 2 N–H and O–H groups in total. The Morgan fingerprint density at radius 1 is 0.456 bits per heavy atom. The van der Waals surface area contributed by atoms with Crippen LogP contribution in [0.4, 0.5) is 0 Å². The Morgan fingerprint density at radius 2 is 0.721 bits per heavy atom. The Bertz CT molecular complexity index is 1070. The average molecular weight is 986 g/mol. The van der Waals surface area contributed by atoms with Crippen molar-refractivity contribution in [2.24, 2.45) is 0 Å². The smallest absolute Gasteiger partial charge is 0.268 e. The molecule has 0 aliphatic rings. The number of quaternary nitrogens is 1. The average Bonchev–Trinajstić information content (AvgIpc) is 3.30. The fourth-order valence-electron chi connectivity index (χ4n) is 9.57. The van der Waals surface area contributed by atoms with E-state index in [0.717, 1.165) is 38.5 Å². The molecule has 1 amide bonds. The third-order valence-corrected chi connectivity index (χ3v) is 15.3. The number of nitrogens with zero attached hydrogens (tertiary/aromatic N) is 1. The van der Waals surface area contributed by atoms with Gasteiger partial charge >= 0.3 is 0 Å². The number of amides is 1. The van der Waals surface area contributed by atoms with Gasteiger partial charge in [-0.3, -0.25) is 9.36 Å². The lowest BCUT2D eigenvalue weighted by Crippen LogP contribution is -2.46. The third-order valence-electron chi connectivity index (χ3n) is 14.3. The highest BCUT2D eigenvalue weighted by Crippen LogP contribution is 2.38. The summed E-state index contributed by atoms with van der Waals surface area (Å²) >= 11 is 0.